The van der Waals surface area contributed by atoms with Crippen molar-refractivity contribution in [2.45, 2.75) is 46.7 Å². The highest BCUT2D eigenvalue weighted by Crippen LogP contribution is 2.21. The van der Waals surface area contributed by atoms with Gasteiger partial charge in [0.1, 0.15) is 0 Å². The highest BCUT2D eigenvalue weighted by molar-refractivity contribution is 5.33. The molecule has 1 heterocycles. The van der Waals surface area contributed by atoms with Crippen LogP contribution < -0.4 is 5.32 Å². The molecular formula is C15H27N3. The Kier molecular flexibility index (Phi) is 5.29. The average Bonchev–Trinajstić information content (AvgIpc) is 2.12. The standard InChI is InChI=1S/C15H27N3/c1-10-8-11(2)16-13(4)15(10)14(5)17-12(3)9-18(6)7/h8,12,14,17H,9H2,1-7H3. The van der Waals surface area contributed by atoms with Crippen LogP contribution in [-0.4, -0.2) is 36.6 Å². The van der Waals surface area contributed by atoms with E-state index >= 15 is 0 Å². The molecule has 0 aliphatic heterocycles. The summed E-state index contributed by atoms with van der Waals surface area (Å²) in [7, 11) is 4.21. The van der Waals surface area contributed by atoms with Crippen LogP contribution in [0, 0.1) is 20.8 Å². The lowest BCUT2D eigenvalue weighted by molar-refractivity contribution is 0.334. The molecule has 102 valence electrons. The van der Waals surface area contributed by atoms with E-state index in [0.717, 1.165) is 17.9 Å². The van der Waals surface area contributed by atoms with E-state index in [9.17, 15) is 0 Å². The van der Waals surface area contributed by atoms with E-state index in [1.807, 2.05) is 0 Å². The van der Waals surface area contributed by atoms with Crippen LogP contribution in [0.5, 0.6) is 0 Å². The molecule has 18 heavy (non-hydrogen) atoms. The molecule has 2 unspecified atom stereocenters. The third kappa shape index (κ3) is 4.07. The summed E-state index contributed by atoms with van der Waals surface area (Å²) in [6, 6.07) is 2.97. The first kappa shape index (κ1) is 15.1. The van der Waals surface area contributed by atoms with Crippen LogP contribution in [0.1, 0.15) is 42.4 Å². The molecule has 1 N–H and O–H groups in total. The Morgan fingerprint density at radius 2 is 1.83 bits per heavy atom. The summed E-state index contributed by atoms with van der Waals surface area (Å²) in [6.45, 7) is 11.8. The third-order valence-corrected chi connectivity index (χ3v) is 3.19. The van der Waals surface area contributed by atoms with Crippen LogP contribution in [0.4, 0.5) is 0 Å². The lowest BCUT2D eigenvalue weighted by Gasteiger charge is -2.25. The molecule has 0 aliphatic carbocycles. The van der Waals surface area contributed by atoms with Crippen molar-refractivity contribution in [3.63, 3.8) is 0 Å². The van der Waals surface area contributed by atoms with Crippen molar-refractivity contribution in [1.29, 1.82) is 0 Å². The van der Waals surface area contributed by atoms with Gasteiger partial charge in [-0.15, -0.1) is 0 Å². The van der Waals surface area contributed by atoms with Crippen LogP contribution in [0.25, 0.3) is 0 Å². The van der Waals surface area contributed by atoms with Gasteiger partial charge in [0.15, 0.2) is 0 Å². The number of hydrogen-bond donors (Lipinski definition) is 1. The van der Waals surface area contributed by atoms with E-state index in [4.69, 9.17) is 0 Å². The van der Waals surface area contributed by atoms with Gasteiger partial charge in [0, 0.05) is 30.0 Å². The van der Waals surface area contributed by atoms with Crippen LogP contribution >= 0.6 is 0 Å². The molecule has 0 aromatic carbocycles. The zero-order valence-corrected chi connectivity index (χ0v) is 12.8. The monoisotopic (exact) mass is 249 g/mol. The second-order valence-corrected chi connectivity index (χ2v) is 5.63. The molecule has 1 rings (SSSR count). The number of rotatable bonds is 5. The first-order chi connectivity index (χ1) is 8.31. The number of nitrogens with one attached hydrogen (secondary N) is 1. The number of aryl methyl sites for hydroxylation is 3. The second kappa shape index (κ2) is 6.30. The maximum Gasteiger partial charge on any atom is 0.0426 e. The molecule has 0 fully saturated rings. The van der Waals surface area contributed by atoms with Crippen molar-refractivity contribution >= 4 is 0 Å². The lowest BCUT2D eigenvalue weighted by Crippen LogP contribution is -2.37. The maximum absolute atomic E-state index is 4.57. The predicted molar refractivity (Wildman–Crippen MR) is 78.0 cm³/mol. The molecule has 0 bridgehead atoms. The quantitative estimate of drug-likeness (QED) is 0.869. The molecular weight excluding hydrogens is 222 g/mol. The first-order valence-corrected chi connectivity index (χ1v) is 6.66. The average molecular weight is 249 g/mol. The Morgan fingerprint density at radius 1 is 1.22 bits per heavy atom. The van der Waals surface area contributed by atoms with E-state index in [1.165, 1.54) is 11.1 Å². The Labute approximate surface area is 112 Å². The zero-order valence-electron chi connectivity index (χ0n) is 12.8. The van der Waals surface area contributed by atoms with Gasteiger partial charge in [-0.2, -0.15) is 0 Å². The molecule has 0 saturated heterocycles. The summed E-state index contributed by atoms with van der Waals surface area (Å²) >= 11 is 0. The van der Waals surface area contributed by atoms with Crippen molar-refractivity contribution < 1.29 is 0 Å². The van der Waals surface area contributed by atoms with Gasteiger partial charge < -0.3 is 10.2 Å². The SMILES string of the molecule is Cc1cc(C)c(C(C)NC(C)CN(C)C)c(C)n1. The van der Waals surface area contributed by atoms with Gasteiger partial charge in [-0.25, -0.2) is 0 Å². The number of likely N-dealkylation sites (N-methyl/N-ethyl adjacent to an activating group) is 1. The molecule has 1 aromatic rings. The van der Waals surface area contributed by atoms with Gasteiger partial charge >= 0.3 is 0 Å². The van der Waals surface area contributed by atoms with Crippen LogP contribution in [0.2, 0.25) is 0 Å². The minimum atomic E-state index is 0.341. The maximum atomic E-state index is 4.57. The van der Waals surface area contributed by atoms with Gasteiger partial charge in [-0.1, -0.05) is 0 Å². The molecule has 0 radical (unpaired) electrons. The van der Waals surface area contributed by atoms with Gasteiger partial charge in [-0.3, -0.25) is 4.98 Å². The number of pyridine rings is 1. The van der Waals surface area contributed by atoms with Crippen LogP contribution in [-0.2, 0) is 0 Å². The highest BCUT2D eigenvalue weighted by atomic mass is 15.1. The topological polar surface area (TPSA) is 28.2 Å². The van der Waals surface area contributed by atoms with Crippen LogP contribution in [0.3, 0.4) is 0 Å². The molecule has 0 saturated carbocycles. The van der Waals surface area contributed by atoms with E-state index < -0.39 is 0 Å². The largest absolute Gasteiger partial charge is 0.308 e. The summed E-state index contributed by atoms with van der Waals surface area (Å²) < 4.78 is 0. The Balaban J connectivity index is 2.81. The first-order valence-electron chi connectivity index (χ1n) is 6.66. The molecule has 2 atom stereocenters. The van der Waals surface area contributed by atoms with Gasteiger partial charge in [0.2, 0.25) is 0 Å². The van der Waals surface area contributed by atoms with Crippen molar-refractivity contribution in [2.24, 2.45) is 0 Å². The molecule has 3 nitrogen and oxygen atoms in total. The third-order valence-electron chi connectivity index (χ3n) is 3.19. The number of nitrogens with zero attached hydrogens (tertiary/aromatic N) is 2. The molecule has 0 aliphatic rings. The summed E-state index contributed by atoms with van der Waals surface area (Å²) in [5, 5.41) is 3.65. The normalized spacial score (nSPS) is 14.9. The van der Waals surface area contributed by atoms with E-state index in [2.05, 4.69) is 70.0 Å². The fraction of sp³-hybridized carbons (Fsp3) is 0.667. The molecule has 0 spiro atoms. The lowest BCUT2D eigenvalue weighted by atomic mass is 10.00. The fourth-order valence-corrected chi connectivity index (χ4v) is 2.80. The zero-order chi connectivity index (χ0) is 13.9. The van der Waals surface area contributed by atoms with Crippen molar-refractivity contribution in [2.75, 3.05) is 20.6 Å². The minimum Gasteiger partial charge on any atom is -0.308 e. The Morgan fingerprint density at radius 3 is 2.33 bits per heavy atom. The molecule has 1 aromatic heterocycles. The number of aromatic nitrogens is 1. The second-order valence-electron chi connectivity index (χ2n) is 5.63. The highest BCUT2D eigenvalue weighted by Gasteiger charge is 2.15. The Bertz CT molecular complexity index is 376. The van der Waals surface area contributed by atoms with Crippen LogP contribution in [0.15, 0.2) is 6.07 Å². The summed E-state index contributed by atoms with van der Waals surface area (Å²) in [5.41, 5.74) is 4.91. The smallest absolute Gasteiger partial charge is 0.0426 e. The van der Waals surface area contributed by atoms with E-state index in [-0.39, 0.29) is 0 Å². The van der Waals surface area contributed by atoms with Crippen molar-refractivity contribution in [3.8, 4) is 0 Å². The van der Waals surface area contributed by atoms with Gasteiger partial charge in [0.25, 0.3) is 0 Å². The van der Waals surface area contributed by atoms with Crippen molar-refractivity contribution in [3.05, 3.63) is 28.6 Å². The van der Waals surface area contributed by atoms with Gasteiger partial charge in [-0.05, 0) is 65.9 Å². The summed E-state index contributed by atoms with van der Waals surface area (Å²) in [6.07, 6.45) is 0. The minimum absolute atomic E-state index is 0.341. The predicted octanol–water partition coefficient (Wildman–Crippen LogP) is 2.61. The molecule has 0 amide bonds. The van der Waals surface area contributed by atoms with Crippen molar-refractivity contribution in [1.82, 2.24) is 15.2 Å². The van der Waals surface area contributed by atoms with E-state index in [1.54, 1.807) is 0 Å². The summed E-state index contributed by atoms with van der Waals surface area (Å²) in [4.78, 5) is 6.78. The fourth-order valence-electron chi connectivity index (χ4n) is 2.80. The summed E-state index contributed by atoms with van der Waals surface area (Å²) in [5.74, 6) is 0. The number of hydrogen-bond acceptors (Lipinski definition) is 3. The van der Waals surface area contributed by atoms with Gasteiger partial charge in [0.05, 0.1) is 0 Å². The Hall–Kier alpha value is -0.930. The van der Waals surface area contributed by atoms with E-state index in [0.29, 0.717) is 12.1 Å². The molecule has 3 heteroatoms.